The fourth-order valence-corrected chi connectivity index (χ4v) is 2.52. The van der Waals surface area contributed by atoms with Gasteiger partial charge < -0.3 is 5.32 Å². The van der Waals surface area contributed by atoms with Crippen LogP contribution in [-0.2, 0) is 4.74 Å². The first-order chi connectivity index (χ1) is 8.78. The molecular formula is C13H25F3N2O. The van der Waals surface area contributed by atoms with Crippen LogP contribution in [0.4, 0.5) is 13.2 Å². The monoisotopic (exact) mass is 282 g/mol. The van der Waals surface area contributed by atoms with Crippen LogP contribution in [-0.4, -0.2) is 49.6 Å². The van der Waals surface area contributed by atoms with Gasteiger partial charge in [-0.1, -0.05) is 13.8 Å². The summed E-state index contributed by atoms with van der Waals surface area (Å²) in [6.45, 7) is 8.14. The Labute approximate surface area is 113 Å². The molecule has 1 aliphatic rings. The van der Waals surface area contributed by atoms with Gasteiger partial charge in [-0.25, -0.2) is 0 Å². The lowest BCUT2D eigenvalue weighted by atomic mass is 10.0. The Balaban J connectivity index is 2.43. The minimum atomic E-state index is -4.52. The predicted octanol–water partition coefficient (Wildman–Crippen LogP) is 2.62. The van der Waals surface area contributed by atoms with E-state index in [1.54, 1.807) is 0 Å². The van der Waals surface area contributed by atoms with E-state index in [0.717, 1.165) is 25.9 Å². The van der Waals surface area contributed by atoms with Crippen molar-refractivity contribution in [2.45, 2.75) is 52.1 Å². The molecule has 0 bridgehead atoms. The Morgan fingerprint density at radius 3 is 2.63 bits per heavy atom. The highest BCUT2D eigenvalue weighted by molar-refractivity contribution is 4.81. The molecule has 0 spiro atoms. The first kappa shape index (κ1) is 16.7. The maximum absolute atomic E-state index is 12.0. The Bertz CT molecular complexity index is 259. The lowest BCUT2D eigenvalue weighted by molar-refractivity contribution is -0.325. The van der Waals surface area contributed by atoms with Crippen LogP contribution < -0.4 is 5.32 Å². The van der Waals surface area contributed by atoms with Crippen LogP contribution >= 0.6 is 0 Å². The van der Waals surface area contributed by atoms with Crippen molar-refractivity contribution in [3.05, 3.63) is 0 Å². The molecule has 1 saturated heterocycles. The summed E-state index contributed by atoms with van der Waals surface area (Å²) >= 11 is 0. The van der Waals surface area contributed by atoms with Gasteiger partial charge in [0.2, 0.25) is 0 Å². The van der Waals surface area contributed by atoms with E-state index in [4.69, 9.17) is 0 Å². The molecule has 1 aliphatic heterocycles. The number of hydrogen-bond donors (Lipinski definition) is 1. The highest BCUT2D eigenvalue weighted by Gasteiger charge is 2.30. The maximum Gasteiger partial charge on any atom is 0.522 e. The molecular weight excluding hydrogens is 257 g/mol. The van der Waals surface area contributed by atoms with E-state index in [0.29, 0.717) is 24.5 Å². The molecule has 0 saturated carbocycles. The third-order valence-electron chi connectivity index (χ3n) is 3.47. The Kier molecular flexibility index (Phi) is 6.56. The topological polar surface area (TPSA) is 24.5 Å². The average Bonchev–Trinajstić information content (AvgIpc) is 2.39. The highest BCUT2D eigenvalue weighted by atomic mass is 19.4. The van der Waals surface area contributed by atoms with Gasteiger partial charge in [0.15, 0.2) is 0 Å². The smallest absolute Gasteiger partial charge is 0.313 e. The molecule has 0 aromatic rings. The van der Waals surface area contributed by atoms with Crippen LogP contribution in [0.25, 0.3) is 0 Å². The zero-order valence-electron chi connectivity index (χ0n) is 12.0. The van der Waals surface area contributed by atoms with Crippen molar-refractivity contribution in [2.75, 3.05) is 26.2 Å². The lowest BCUT2D eigenvalue weighted by Crippen LogP contribution is -2.42. The molecule has 6 heteroatoms. The van der Waals surface area contributed by atoms with Crippen molar-refractivity contribution >= 4 is 0 Å². The van der Waals surface area contributed by atoms with E-state index >= 15 is 0 Å². The van der Waals surface area contributed by atoms with Gasteiger partial charge in [0.1, 0.15) is 0 Å². The third kappa shape index (κ3) is 7.13. The molecule has 0 aliphatic carbocycles. The maximum atomic E-state index is 12.0. The van der Waals surface area contributed by atoms with Gasteiger partial charge in [0, 0.05) is 25.2 Å². The lowest BCUT2D eigenvalue weighted by Gasteiger charge is -2.29. The fraction of sp³-hybridized carbons (Fsp3) is 1.00. The summed E-state index contributed by atoms with van der Waals surface area (Å²) in [5.74, 6) is 0.583. The minimum absolute atomic E-state index is 0.289. The average molecular weight is 282 g/mol. The van der Waals surface area contributed by atoms with Crippen molar-refractivity contribution in [1.82, 2.24) is 10.2 Å². The summed E-state index contributed by atoms with van der Waals surface area (Å²) in [6, 6.07) is 0.650. The first-order valence-corrected chi connectivity index (χ1v) is 6.96. The van der Waals surface area contributed by atoms with Gasteiger partial charge in [-0.05, 0) is 32.2 Å². The van der Waals surface area contributed by atoms with Gasteiger partial charge in [-0.3, -0.25) is 9.64 Å². The zero-order chi connectivity index (χ0) is 14.5. The highest BCUT2D eigenvalue weighted by Crippen LogP contribution is 2.17. The van der Waals surface area contributed by atoms with Crippen LogP contribution in [0.15, 0.2) is 0 Å². The number of halogens is 3. The van der Waals surface area contributed by atoms with E-state index in [1.807, 2.05) is 0 Å². The Morgan fingerprint density at radius 1 is 1.37 bits per heavy atom. The normalized spacial score (nSPS) is 26.7. The van der Waals surface area contributed by atoms with Crippen LogP contribution in [0.3, 0.4) is 0 Å². The molecule has 0 amide bonds. The number of rotatable bonds is 5. The molecule has 2 atom stereocenters. The predicted molar refractivity (Wildman–Crippen MR) is 68.9 cm³/mol. The van der Waals surface area contributed by atoms with Gasteiger partial charge in [-0.15, -0.1) is 13.2 Å². The molecule has 0 aromatic carbocycles. The van der Waals surface area contributed by atoms with E-state index in [-0.39, 0.29) is 6.61 Å². The summed E-state index contributed by atoms with van der Waals surface area (Å²) in [6.07, 6.45) is -2.52. The van der Waals surface area contributed by atoms with Crippen LogP contribution in [0.2, 0.25) is 0 Å². The number of ether oxygens (including phenoxy) is 1. The standard InChI is InChI=1S/C13H25F3N2O/c1-10(2)8-12-9-18(11(3)4-5-17-12)6-7-19-13(14,15)16/h10-12,17H,4-9H2,1-3H3. The Hall–Kier alpha value is -0.330. The molecule has 0 aromatic heterocycles. The van der Waals surface area contributed by atoms with Gasteiger partial charge in [-0.2, -0.15) is 0 Å². The quantitative estimate of drug-likeness (QED) is 0.839. The molecule has 1 N–H and O–H groups in total. The fourth-order valence-electron chi connectivity index (χ4n) is 2.52. The molecule has 1 fully saturated rings. The summed E-state index contributed by atoms with van der Waals surface area (Å²) in [5.41, 5.74) is 0. The van der Waals surface area contributed by atoms with E-state index < -0.39 is 6.36 Å². The largest absolute Gasteiger partial charge is 0.522 e. The number of hydrogen-bond acceptors (Lipinski definition) is 3. The van der Waals surface area contributed by atoms with Crippen molar-refractivity contribution in [1.29, 1.82) is 0 Å². The molecule has 1 heterocycles. The number of alkyl halides is 3. The molecule has 0 radical (unpaired) electrons. The van der Waals surface area contributed by atoms with Gasteiger partial charge >= 0.3 is 6.36 Å². The second kappa shape index (κ2) is 7.45. The second-order valence-corrected chi connectivity index (χ2v) is 5.71. The first-order valence-electron chi connectivity index (χ1n) is 6.96. The van der Waals surface area contributed by atoms with Crippen LogP contribution in [0.1, 0.15) is 33.6 Å². The summed E-state index contributed by atoms with van der Waals surface area (Å²) in [7, 11) is 0. The van der Waals surface area contributed by atoms with E-state index in [9.17, 15) is 13.2 Å². The van der Waals surface area contributed by atoms with Crippen molar-refractivity contribution in [2.24, 2.45) is 5.92 Å². The summed E-state index contributed by atoms with van der Waals surface area (Å²) < 4.78 is 39.8. The van der Waals surface area contributed by atoms with Crippen LogP contribution in [0.5, 0.6) is 0 Å². The number of nitrogens with one attached hydrogen (secondary N) is 1. The summed E-state index contributed by atoms with van der Waals surface area (Å²) in [4.78, 5) is 2.10. The van der Waals surface area contributed by atoms with Crippen molar-refractivity contribution in [3.8, 4) is 0 Å². The Morgan fingerprint density at radius 2 is 2.05 bits per heavy atom. The van der Waals surface area contributed by atoms with Crippen LogP contribution in [0, 0.1) is 5.92 Å². The van der Waals surface area contributed by atoms with Crippen molar-refractivity contribution in [3.63, 3.8) is 0 Å². The molecule has 2 unspecified atom stereocenters. The van der Waals surface area contributed by atoms with Gasteiger partial charge in [0.25, 0.3) is 0 Å². The third-order valence-corrected chi connectivity index (χ3v) is 3.47. The molecule has 19 heavy (non-hydrogen) atoms. The SMILES string of the molecule is CC(C)CC1CN(CCOC(F)(F)F)C(C)CCN1. The second-order valence-electron chi connectivity index (χ2n) is 5.71. The minimum Gasteiger partial charge on any atom is -0.313 e. The molecule has 1 rings (SSSR count). The molecule has 3 nitrogen and oxygen atoms in total. The van der Waals surface area contributed by atoms with E-state index in [2.05, 4.69) is 35.7 Å². The number of nitrogens with zero attached hydrogens (tertiary/aromatic N) is 1. The van der Waals surface area contributed by atoms with Crippen molar-refractivity contribution < 1.29 is 17.9 Å². The van der Waals surface area contributed by atoms with E-state index in [1.165, 1.54) is 0 Å². The summed E-state index contributed by atoms with van der Waals surface area (Å²) in [5, 5.41) is 3.48. The molecule has 114 valence electrons. The van der Waals surface area contributed by atoms with Gasteiger partial charge in [0.05, 0.1) is 6.61 Å². The zero-order valence-corrected chi connectivity index (χ0v) is 12.0.